The van der Waals surface area contributed by atoms with Gasteiger partial charge in [-0.25, -0.2) is 0 Å². The summed E-state index contributed by atoms with van der Waals surface area (Å²) in [6.07, 6.45) is 9.14. The quantitative estimate of drug-likeness (QED) is 0.148. The summed E-state index contributed by atoms with van der Waals surface area (Å²) in [5, 5.41) is 0. The predicted octanol–water partition coefficient (Wildman–Crippen LogP) is 11.9. The molecule has 0 N–H and O–H groups in total. The Labute approximate surface area is 256 Å². The van der Waals surface area contributed by atoms with E-state index < -0.39 is 0 Å². The molecule has 0 aromatic heterocycles. The SMILES string of the molecule is CCCCCCc1ccccc1-c1c(CC)c(-c2cc(CC)c(OC)cc2CC)c(-c2ccccc2)c(C)c1C(C)C. The molecule has 0 spiro atoms. The first-order valence-electron chi connectivity index (χ1n) is 16.4. The maximum atomic E-state index is 5.88. The van der Waals surface area contributed by atoms with Gasteiger partial charge in [-0.2, -0.15) is 0 Å². The predicted molar refractivity (Wildman–Crippen MR) is 184 cm³/mol. The summed E-state index contributed by atoms with van der Waals surface area (Å²) in [5.41, 5.74) is 16.9. The lowest BCUT2D eigenvalue weighted by molar-refractivity contribution is 0.409. The number of rotatable bonds is 13. The molecule has 42 heavy (non-hydrogen) atoms. The number of methoxy groups -OCH3 is 1. The monoisotopic (exact) mass is 560 g/mol. The number of benzene rings is 4. The number of ether oxygens (including phenoxy) is 1. The Hall–Kier alpha value is -3.32. The van der Waals surface area contributed by atoms with Crippen LogP contribution in [0, 0.1) is 6.92 Å². The van der Waals surface area contributed by atoms with Crippen LogP contribution in [0.25, 0.3) is 33.4 Å². The zero-order valence-corrected chi connectivity index (χ0v) is 27.5. The minimum absolute atomic E-state index is 0.405. The molecule has 1 heteroatoms. The molecule has 0 amide bonds. The van der Waals surface area contributed by atoms with Crippen LogP contribution in [0.15, 0.2) is 66.7 Å². The van der Waals surface area contributed by atoms with E-state index in [-0.39, 0.29) is 0 Å². The van der Waals surface area contributed by atoms with Crippen LogP contribution in [0.1, 0.15) is 107 Å². The molecule has 0 bridgehead atoms. The van der Waals surface area contributed by atoms with E-state index in [1.165, 1.54) is 92.4 Å². The van der Waals surface area contributed by atoms with Crippen LogP contribution in [-0.4, -0.2) is 7.11 Å². The lowest BCUT2D eigenvalue weighted by Crippen LogP contribution is -2.09. The van der Waals surface area contributed by atoms with Gasteiger partial charge in [0, 0.05) is 0 Å². The first kappa shape index (κ1) is 31.6. The Bertz CT molecular complexity index is 1480. The third kappa shape index (κ3) is 6.36. The molecular weight excluding hydrogens is 508 g/mol. The van der Waals surface area contributed by atoms with Crippen molar-refractivity contribution in [1.29, 1.82) is 0 Å². The van der Waals surface area contributed by atoms with Crippen molar-refractivity contribution in [2.24, 2.45) is 0 Å². The van der Waals surface area contributed by atoms with Crippen LogP contribution in [-0.2, 0) is 25.7 Å². The average Bonchev–Trinajstić information content (AvgIpc) is 3.02. The highest BCUT2D eigenvalue weighted by molar-refractivity contribution is 5.96. The standard InChI is InChI=1S/C41H52O/c1-9-13-14-16-21-32-22-19-20-25-35(32)40-34(12-4)41(36-26-31(11-3)37(42-8)27-30(36)10-2)39(29(7)38(40)28(5)6)33-23-17-15-18-24-33/h15,17-20,22-28H,9-14,16,21H2,1-8H3. The second-order valence-electron chi connectivity index (χ2n) is 12.0. The van der Waals surface area contributed by atoms with Crippen LogP contribution in [0.4, 0.5) is 0 Å². The molecule has 0 saturated heterocycles. The van der Waals surface area contributed by atoms with E-state index in [2.05, 4.69) is 115 Å². The van der Waals surface area contributed by atoms with E-state index in [0.29, 0.717) is 5.92 Å². The molecule has 1 nitrogen and oxygen atoms in total. The molecule has 0 aliphatic rings. The Balaban J connectivity index is 2.17. The maximum Gasteiger partial charge on any atom is 0.122 e. The van der Waals surface area contributed by atoms with Crippen molar-refractivity contribution in [3.8, 4) is 39.1 Å². The fraction of sp³-hybridized carbons (Fsp3) is 0.415. The molecule has 0 unspecified atom stereocenters. The molecule has 0 aliphatic heterocycles. The Morgan fingerprint density at radius 1 is 0.643 bits per heavy atom. The second-order valence-corrected chi connectivity index (χ2v) is 12.0. The highest BCUT2D eigenvalue weighted by Crippen LogP contribution is 2.49. The molecule has 0 saturated carbocycles. The van der Waals surface area contributed by atoms with E-state index in [1.54, 1.807) is 7.11 Å². The van der Waals surface area contributed by atoms with Gasteiger partial charge < -0.3 is 4.74 Å². The van der Waals surface area contributed by atoms with Crippen LogP contribution < -0.4 is 4.74 Å². The van der Waals surface area contributed by atoms with Gasteiger partial charge in [0.1, 0.15) is 5.75 Å². The zero-order valence-electron chi connectivity index (χ0n) is 27.5. The van der Waals surface area contributed by atoms with Gasteiger partial charge >= 0.3 is 0 Å². The topological polar surface area (TPSA) is 9.23 Å². The molecule has 0 fully saturated rings. The van der Waals surface area contributed by atoms with Gasteiger partial charge in [0.2, 0.25) is 0 Å². The average molecular weight is 561 g/mol. The van der Waals surface area contributed by atoms with Crippen molar-refractivity contribution in [2.75, 3.05) is 7.11 Å². The van der Waals surface area contributed by atoms with Gasteiger partial charge in [-0.3, -0.25) is 0 Å². The highest BCUT2D eigenvalue weighted by Gasteiger charge is 2.27. The zero-order chi connectivity index (χ0) is 30.2. The van der Waals surface area contributed by atoms with Crippen LogP contribution in [0.2, 0.25) is 0 Å². The van der Waals surface area contributed by atoms with Gasteiger partial charge in [0.15, 0.2) is 0 Å². The normalized spacial score (nSPS) is 11.4. The molecule has 0 radical (unpaired) electrons. The summed E-state index contributed by atoms with van der Waals surface area (Å²) in [4.78, 5) is 0. The summed E-state index contributed by atoms with van der Waals surface area (Å²) in [6, 6.07) is 25.1. The number of hydrogen-bond acceptors (Lipinski definition) is 1. The van der Waals surface area contributed by atoms with Crippen LogP contribution in [0.5, 0.6) is 5.75 Å². The fourth-order valence-corrected chi connectivity index (χ4v) is 6.98. The van der Waals surface area contributed by atoms with Crippen LogP contribution in [0.3, 0.4) is 0 Å². The third-order valence-corrected chi connectivity index (χ3v) is 9.02. The Kier molecular flexibility index (Phi) is 11.1. The van der Waals surface area contributed by atoms with Gasteiger partial charge in [-0.15, -0.1) is 0 Å². The van der Waals surface area contributed by atoms with Crippen molar-refractivity contribution in [1.82, 2.24) is 0 Å². The van der Waals surface area contributed by atoms with Gasteiger partial charge in [-0.05, 0) is 124 Å². The first-order chi connectivity index (χ1) is 20.4. The van der Waals surface area contributed by atoms with Gasteiger partial charge in [-0.1, -0.05) is 115 Å². The lowest BCUT2D eigenvalue weighted by atomic mass is 9.74. The van der Waals surface area contributed by atoms with E-state index in [1.807, 2.05) is 0 Å². The van der Waals surface area contributed by atoms with Crippen molar-refractivity contribution in [2.45, 2.75) is 106 Å². The smallest absolute Gasteiger partial charge is 0.122 e. The molecule has 222 valence electrons. The van der Waals surface area contributed by atoms with Crippen molar-refractivity contribution >= 4 is 0 Å². The molecule has 4 aromatic carbocycles. The second kappa shape index (κ2) is 14.7. The third-order valence-electron chi connectivity index (χ3n) is 9.02. The molecule has 0 aliphatic carbocycles. The van der Waals surface area contributed by atoms with Gasteiger partial charge in [0.25, 0.3) is 0 Å². The van der Waals surface area contributed by atoms with E-state index in [4.69, 9.17) is 4.74 Å². The number of aryl methyl sites for hydroxylation is 3. The maximum absolute atomic E-state index is 5.88. The van der Waals surface area contributed by atoms with E-state index in [9.17, 15) is 0 Å². The fourth-order valence-electron chi connectivity index (χ4n) is 6.98. The largest absolute Gasteiger partial charge is 0.496 e. The highest BCUT2D eigenvalue weighted by atomic mass is 16.5. The number of hydrogen-bond donors (Lipinski definition) is 0. The molecule has 0 heterocycles. The minimum Gasteiger partial charge on any atom is -0.496 e. The van der Waals surface area contributed by atoms with Crippen molar-refractivity contribution in [3.63, 3.8) is 0 Å². The summed E-state index contributed by atoms with van der Waals surface area (Å²) in [6.45, 7) is 16.3. The van der Waals surface area contributed by atoms with E-state index in [0.717, 1.165) is 31.4 Å². The molecule has 4 aromatic rings. The van der Waals surface area contributed by atoms with Crippen molar-refractivity contribution in [3.05, 3.63) is 100 Å². The lowest BCUT2D eigenvalue weighted by Gasteiger charge is -2.30. The first-order valence-corrected chi connectivity index (χ1v) is 16.4. The molecular formula is C41H52O. The Morgan fingerprint density at radius 3 is 1.95 bits per heavy atom. The van der Waals surface area contributed by atoms with Gasteiger partial charge in [0.05, 0.1) is 7.11 Å². The number of unbranched alkanes of at least 4 members (excludes halogenated alkanes) is 3. The van der Waals surface area contributed by atoms with Crippen LogP contribution >= 0.6 is 0 Å². The molecule has 4 rings (SSSR count). The minimum atomic E-state index is 0.405. The Morgan fingerprint density at radius 2 is 1.33 bits per heavy atom. The summed E-state index contributed by atoms with van der Waals surface area (Å²) < 4.78 is 5.88. The van der Waals surface area contributed by atoms with Crippen molar-refractivity contribution < 1.29 is 4.74 Å². The summed E-state index contributed by atoms with van der Waals surface area (Å²) in [5.74, 6) is 1.41. The molecule has 0 atom stereocenters. The summed E-state index contributed by atoms with van der Waals surface area (Å²) >= 11 is 0. The summed E-state index contributed by atoms with van der Waals surface area (Å²) in [7, 11) is 1.80. The van der Waals surface area contributed by atoms with E-state index >= 15 is 0 Å².